The molecule has 0 bridgehead atoms. The molecule has 0 amide bonds. The van der Waals surface area contributed by atoms with Gasteiger partial charge in [-0.05, 0) is 6.07 Å². The molecule has 2 heterocycles. The van der Waals surface area contributed by atoms with Crippen molar-refractivity contribution in [2.45, 2.75) is 13.3 Å². The van der Waals surface area contributed by atoms with Crippen molar-refractivity contribution in [3.05, 3.63) is 29.5 Å². The van der Waals surface area contributed by atoms with E-state index in [0.29, 0.717) is 6.42 Å². The maximum atomic E-state index is 10.7. The van der Waals surface area contributed by atoms with Gasteiger partial charge in [-0.3, -0.25) is 4.79 Å². The van der Waals surface area contributed by atoms with E-state index in [1.54, 1.807) is 6.92 Å². The summed E-state index contributed by atoms with van der Waals surface area (Å²) in [4.78, 5) is 18.1. The van der Waals surface area contributed by atoms with Crippen molar-refractivity contribution >= 4 is 17.3 Å². The van der Waals surface area contributed by atoms with Crippen molar-refractivity contribution in [2.75, 3.05) is 0 Å². The summed E-state index contributed by atoms with van der Waals surface area (Å²) in [7, 11) is 0. The van der Waals surface area contributed by atoms with E-state index in [4.69, 9.17) is 5.11 Å². The first-order valence-electron chi connectivity index (χ1n) is 4.97. The predicted molar refractivity (Wildman–Crippen MR) is 62.4 cm³/mol. The summed E-state index contributed by atoms with van der Waals surface area (Å²) in [6.07, 6.45) is 4.20. The van der Waals surface area contributed by atoms with Crippen molar-refractivity contribution in [2.24, 2.45) is 5.92 Å². The number of rotatable bonds is 4. The Morgan fingerprint density at radius 2 is 2.50 bits per heavy atom. The summed E-state index contributed by atoms with van der Waals surface area (Å²) in [6, 6.07) is 1.95. The van der Waals surface area contributed by atoms with Crippen LogP contribution in [0, 0.1) is 5.92 Å². The van der Waals surface area contributed by atoms with Gasteiger partial charge in [0.2, 0.25) is 0 Å². The minimum atomic E-state index is -0.781. The second-order valence-electron chi connectivity index (χ2n) is 3.69. The molecule has 4 nitrogen and oxygen atoms in total. The van der Waals surface area contributed by atoms with E-state index in [1.807, 2.05) is 23.8 Å². The molecule has 0 aliphatic heterocycles. The molecule has 1 unspecified atom stereocenters. The molecule has 2 aromatic heterocycles. The van der Waals surface area contributed by atoms with Gasteiger partial charge in [-0.15, -0.1) is 11.3 Å². The minimum absolute atomic E-state index is 0.388. The van der Waals surface area contributed by atoms with Crippen LogP contribution in [0.25, 0.3) is 10.6 Å². The molecular formula is C11H12N2O2S. The van der Waals surface area contributed by atoms with Crippen molar-refractivity contribution in [3.8, 4) is 10.6 Å². The lowest BCUT2D eigenvalue weighted by molar-refractivity contribution is -0.141. The number of nitrogens with one attached hydrogen (secondary N) is 1. The summed E-state index contributed by atoms with van der Waals surface area (Å²) in [5, 5.41) is 11.6. The highest BCUT2D eigenvalue weighted by molar-refractivity contribution is 7.13. The number of aliphatic carboxylic acids is 1. The molecule has 1 atom stereocenters. The first-order valence-corrected chi connectivity index (χ1v) is 5.85. The molecule has 2 N–H and O–H groups in total. The first kappa shape index (κ1) is 10.9. The molecule has 0 aromatic carbocycles. The van der Waals surface area contributed by atoms with Gasteiger partial charge in [0.1, 0.15) is 5.01 Å². The van der Waals surface area contributed by atoms with Gasteiger partial charge in [-0.1, -0.05) is 6.92 Å². The minimum Gasteiger partial charge on any atom is -0.481 e. The zero-order valence-corrected chi connectivity index (χ0v) is 9.62. The Morgan fingerprint density at radius 1 is 1.69 bits per heavy atom. The van der Waals surface area contributed by atoms with Gasteiger partial charge in [0.15, 0.2) is 0 Å². The largest absolute Gasteiger partial charge is 0.481 e. The fraction of sp³-hybridized carbons (Fsp3) is 0.273. The SMILES string of the molecule is CC(Cc1csc(-c2cc[nH]c2)n1)C(=O)O. The molecule has 0 saturated carbocycles. The monoisotopic (exact) mass is 236 g/mol. The maximum Gasteiger partial charge on any atom is 0.306 e. The fourth-order valence-electron chi connectivity index (χ4n) is 1.39. The van der Waals surface area contributed by atoms with Crippen LogP contribution in [-0.2, 0) is 11.2 Å². The summed E-state index contributed by atoms with van der Waals surface area (Å²) in [5.41, 5.74) is 1.88. The van der Waals surface area contributed by atoms with Gasteiger partial charge in [0, 0.05) is 29.8 Å². The number of hydrogen-bond acceptors (Lipinski definition) is 3. The van der Waals surface area contributed by atoms with Gasteiger partial charge in [-0.2, -0.15) is 0 Å². The number of hydrogen-bond donors (Lipinski definition) is 2. The van der Waals surface area contributed by atoms with E-state index < -0.39 is 5.97 Å². The Bertz CT molecular complexity index is 476. The predicted octanol–water partition coefficient (Wildman–Crippen LogP) is 2.40. The molecule has 0 radical (unpaired) electrons. The zero-order chi connectivity index (χ0) is 11.5. The average molecular weight is 236 g/mol. The van der Waals surface area contributed by atoms with E-state index in [0.717, 1.165) is 16.3 Å². The molecule has 16 heavy (non-hydrogen) atoms. The molecule has 0 aliphatic rings. The van der Waals surface area contributed by atoms with Crippen LogP contribution in [0.2, 0.25) is 0 Å². The zero-order valence-electron chi connectivity index (χ0n) is 8.80. The first-order chi connectivity index (χ1) is 7.66. The highest BCUT2D eigenvalue weighted by atomic mass is 32.1. The van der Waals surface area contributed by atoms with Crippen LogP contribution < -0.4 is 0 Å². The van der Waals surface area contributed by atoms with Gasteiger partial charge >= 0.3 is 5.97 Å². The van der Waals surface area contributed by atoms with Crippen LogP contribution in [-0.4, -0.2) is 21.0 Å². The molecular weight excluding hydrogens is 224 g/mol. The summed E-state index contributed by atoms with van der Waals surface area (Å²) in [5.74, 6) is -1.17. The molecule has 5 heteroatoms. The molecule has 0 saturated heterocycles. The second-order valence-corrected chi connectivity index (χ2v) is 4.55. The third kappa shape index (κ3) is 2.30. The van der Waals surface area contributed by atoms with Crippen molar-refractivity contribution < 1.29 is 9.90 Å². The lowest BCUT2D eigenvalue weighted by Gasteiger charge is -2.01. The maximum absolute atomic E-state index is 10.7. The van der Waals surface area contributed by atoms with Gasteiger partial charge < -0.3 is 10.1 Å². The van der Waals surface area contributed by atoms with E-state index >= 15 is 0 Å². The van der Waals surface area contributed by atoms with Gasteiger partial charge in [0.05, 0.1) is 11.6 Å². The number of H-pyrrole nitrogens is 1. The Balaban J connectivity index is 2.11. The summed E-state index contributed by atoms with van der Waals surface area (Å²) in [6.45, 7) is 1.69. The van der Waals surface area contributed by atoms with Crippen LogP contribution in [0.15, 0.2) is 23.8 Å². The highest BCUT2D eigenvalue weighted by Crippen LogP contribution is 2.24. The number of aromatic nitrogens is 2. The third-order valence-electron chi connectivity index (χ3n) is 2.33. The normalized spacial score (nSPS) is 12.6. The fourth-order valence-corrected chi connectivity index (χ4v) is 2.22. The number of carboxylic acids is 1. The van der Waals surface area contributed by atoms with Crippen LogP contribution >= 0.6 is 11.3 Å². The second kappa shape index (κ2) is 4.49. The van der Waals surface area contributed by atoms with Crippen LogP contribution in [0.1, 0.15) is 12.6 Å². The van der Waals surface area contributed by atoms with Crippen LogP contribution in [0.5, 0.6) is 0 Å². The van der Waals surface area contributed by atoms with E-state index in [1.165, 1.54) is 11.3 Å². The average Bonchev–Trinajstić information content (AvgIpc) is 2.85. The lowest BCUT2D eigenvalue weighted by atomic mass is 10.1. The van der Waals surface area contributed by atoms with Crippen molar-refractivity contribution in [1.82, 2.24) is 9.97 Å². The van der Waals surface area contributed by atoms with Crippen LogP contribution in [0.3, 0.4) is 0 Å². The number of carboxylic acid groups (broad SMARTS) is 1. The molecule has 2 rings (SSSR count). The standard InChI is InChI=1S/C11H12N2O2S/c1-7(11(14)15)4-9-6-16-10(13-9)8-2-3-12-5-8/h2-3,5-7,12H,4H2,1H3,(H,14,15). The highest BCUT2D eigenvalue weighted by Gasteiger charge is 2.14. The number of thiazole rings is 1. The lowest BCUT2D eigenvalue weighted by Crippen LogP contribution is -2.12. The van der Waals surface area contributed by atoms with E-state index in [-0.39, 0.29) is 5.92 Å². The van der Waals surface area contributed by atoms with Gasteiger partial charge in [0.25, 0.3) is 0 Å². The quantitative estimate of drug-likeness (QED) is 0.856. The topological polar surface area (TPSA) is 66.0 Å². The molecule has 0 aliphatic carbocycles. The van der Waals surface area contributed by atoms with Gasteiger partial charge in [-0.25, -0.2) is 4.98 Å². The Hall–Kier alpha value is -1.62. The third-order valence-corrected chi connectivity index (χ3v) is 3.27. The summed E-state index contributed by atoms with van der Waals surface area (Å²) < 4.78 is 0. The number of aromatic amines is 1. The number of nitrogens with zero attached hydrogens (tertiary/aromatic N) is 1. The Morgan fingerprint density at radius 3 is 3.12 bits per heavy atom. The van der Waals surface area contributed by atoms with Crippen LogP contribution in [0.4, 0.5) is 0 Å². The molecule has 2 aromatic rings. The van der Waals surface area contributed by atoms with E-state index in [2.05, 4.69) is 9.97 Å². The molecule has 0 spiro atoms. The van der Waals surface area contributed by atoms with Crippen molar-refractivity contribution in [3.63, 3.8) is 0 Å². The van der Waals surface area contributed by atoms with Crippen molar-refractivity contribution in [1.29, 1.82) is 0 Å². The smallest absolute Gasteiger partial charge is 0.306 e. The Labute approximate surface area is 97.0 Å². The molecule has 84 valence electrons. The Kier molecular flexibility index (Phi) is 3.05. The molecule has 0 fully saturated rings. The summed E-state index contributed by atoms with van der Waals surface area (Å²) >= 11 is 1.54. The van der Waals surface area contributed by atoms with E-state index in [9.17, 15) is 4.79 Å². The number of carbonyl (C=O) groups is 1.